The Morgan fingerprint density at radius 1 is 1.12 bits per heavy atom. The Morgan fingerprint density at radius 3 is 1.75 bits per heavy atom. The minimum atomic E-state index is 0.556. The zero-order valence-corrected chi connectivity index (χ0v) is 6.15. The van der Waals surface area contributed by atoms with Gasteiger partial charge in [-0.05, 0) is 19.9 Å². The molecule has 0 fully saturated rings. The Kier molecular flexibility index (Phi) is 3.83. The molecule has 0 aliphatic heterocycles. The molecule has 0 heterocycles. The summed E-state index contributed by atoms with van der Waals surface area (Å²) in [7, 11) is 1.89. The summed E-state index contributed by atoms with van der Waals surface area (Å²) in [5.74, 6) is 0.697. The normalized spacial score (nSPS) is 14.6. The van der Waals surface area contributed by atoms with Gasteiger partial charge in [0, 0.05) is 6.04 Å². The third kappa shape index (κ3) is 2.99. The second kappa shape index (κ2) is 3.87. The molecule has 0 radical (unpaired) electrons. The zero-order chi connectivity index (χ0) is 6.57. The lowest BCUT2D eigenvalue weighted by Gasteiger charge is -2.15. The van der Waals surface area contributed by atoms with Crippen molar-refractivity contribution in [3.8, 4) is 0 Å². The average molecular weight is 116 g/mol. The summed E-state index contributed by atoms with van der Waals surface area (Å²) in [6.45, 7) is 6.53. The first-order valence-corrected chi connectivity index (χ1v) is 3.10. The maximum absolute atomic E-state index is 3.09. The monoisotopic (exact) mass is 116 g/mol. The van der Waals surface area contributed by atoms with E-state index in [2.05, 4.69) is 31.6 Å². The van der Waals surface area contributed by atoms with Crippen molar-refractivity contribution in [1.82, 2.24) is 10.9 Å². The van der Waals surface area contributed by atoms with E-state index in [0.29, 0.717) is 12.0 Å². The van der Waals surface area contributed by atoms with Crippen LogP contribution in [0.1, 0.15) is 20.8 Å². The van der Waals surface area contributed by atoms with E-state index in [1.54, 1.807) is 0 Å². The molecule has 0 aromatic heterocycles. The molecule has 0 aromatic carbocycles. The molecule has 0 saturated heterocycles. The van der Waals surface area contributed by atoms with E-state index in [1.165, 1.54) is 0 Å². The summed E-state index contributed by atoms with van der Waals surface area (Å²) in [6.07, 6.45) is 0. The van der Waals surface area contributed by atoms with Gasteiger partial charge in [0.05, 0.1) is 0 Å². The minimum Gasteiger partial charge on any atom is -0.261 e. The molecule has 2 nitrogen and oxygen atoms in total. The van der Waals surface area contributed by atoms with Gasteiger partial charge < -0.3 is 0 Å². The Bertz CT molecular complexity index is 52.5. The van der Waals surface area contributed by atoms with Crippen LogP contribution in [0.5, 0.6) is 0 Å². The van der Waals surface area contributed by atoms with Crippen molar-refractivity contribution in [2.75, 3.05) is 7.05 Å². The molecule has 50 valence electrons. The topological polar surface area (TPSA) is 24.1 Å². The van der Waals surface area contributed by atoms with E-state index in [1.807, 2.05) is 7.05 Å². The van der Waals surface area contributed by atoms with Crippen LogP contribution in [0, 0.1) is 5.92 Å². The van der Waals surface area contributed by atoms with Gasteiger partial charge in [-0.2, -0.15) is 0 Å². The van der Waals surface area contributed by atoms with Gasteiger partial charge >= 0.3 is 0 Å². The molecule has 2 heteroatoms. The van der Waals surface area contributed by atoms with Crippen LogP contribution in [-0.2, 0) is 0 Å². The highest BCUT2D eigenvalue weighted by molar-refractivity contribution is 4.59. The van der Waals surface area contributed by atoms with Gasteiger partial charge in [0.1, 0.15) is 0 Å². The van der Waals surface area contributed by atoms with Crippen LogP contribution < -0.4 is 10.9 Å². The van der Waals surface area contributed by atoms with Crippen LogP contribution in [0.3, 0.4) is 0 Å². The molecule has 2 N–H and O–H groups in total. The van der Waals surface area contributed by atoms with Crippen LogP contribution in [0.15, 0.2) is 0 Å². The minimum absolute atomic E-state index is 0.556. The van der Waals surface area contributed by atoms with Crippen molar-refractivity contribution in [1.29, 1.82) is 0 Å². The van der Waals surface area contributed by atoms with Gasteiger partial charge in [0.25, 0.3) is 0 Å². The summed E-state index contributed by atoms with van der Waals surface area (Å²) >= 11 is 0. The first-order valence-electron chi connectivity index (χ1n) is 3.10. The number of hydrogen-bond acceptors (Lipinski definition) is 2. The van der Waals surface area contributed by atoms with Crippen molar-refractivity contribution in [3.63, 3.8) is 0 Å². The summed E-state index contributed by atoms with van der Waals surface area (Å²) in [5.41, 5.74) is 5.99. The Morgan fingerprint density at radius 2 is 1.62 bits per heavy atom. The van der Waals surface area contributed by atoms with E-state index >= 15 is 0 Å². The van der Waals surface area contributed by atoms with Crippen molar-refractivity contribution in [2.24, 2.45) is 5.92 Å². The Balaban J connectivity index is 3.17. The maximum atomic E-state index is 3.09. The van der Waals surface area contributed by atoms with E-state index in [0.717, 1.165) is 0 Å². The highest BCUT2D eigenvalue weighted by atomic mass is 15.3. The lowest BCUT2D eigenvalue weighted by molar-refractivity contribution is 0.391. The molecule has 0 bridgehead atoms. The van der Waals surface area contributed by atoms with Crippen LogP contribution in [0.4, 0.5) is 0 Å². The molecule has 0 aromatic rings. The number of hydrazine groups is 1. The first-order chi connectivity index (χ1) is 3.68. The average Bonchev–Trinajstić information content (AvgIpc) is 1.67. The Hall–Kier alpha value is -0.0800. The SMILES string of the molecule is CNNC(C)C(C)C. The third-order valence-corrected chi connectivity index (χ3v) is 1.37. The van der Waals surface area contributed by atoms with Gasteiger partial charge in [-0.1, -0.05) is 13.8 Å². The maximum Gasteiger partial charge on any atom is 0.0207 e. The fraction of sp³-hybridized carbons (Fsp3) is 1.00. The van der Waals surface area contributed by atoms with E-state index < -0.39 is 0 Å². The van der Waals surface area contributed by atoms with E-state index in [-0.39, 0.29) is 0 Å². The fourth-order valence-corrected chi connectivity index (χ4v) is 0.394. The largest absolute Gasteiger partial charge is 0.261 e. The van der Waals surface area contributed by atoms with Crippen LogP contribution in [0.2, 0.25) is 0 Å². The number of rotatable bonds is 3. The Labute approximate surface area is 51.6 Å². The van der Waals surface area contributed by atoms with Gasteiger partial charge in [-0.15, -0.1) is 0 Å². The zero-order valence-electron chi connectivity index (χ0n) is 6.15. The van der Waals surface area contributed by atoms with Crippen molar-refractivity contribution in [3.05, 3.63) is 0 Å². The molecule has 0 aliphatic carbocycles. The van der Waals surface area contributed by atoms with Crippen LogP contribution >= 0.6 is 0 Å². The second-order valence-corrected chi connectivity index (χ2v) is 2.43. The van der Waals surface area contributed by atoms with Crippen LogP contribution in [-0.4, -0.2) is 13.1 Å². The van der Waals surface area contributed by atoms with Gasteiger partial charge in [0.15, 0.2) is 0 Å². The molecular weight excluding hydrogens is 100 g/mol. The predicted molar refractivity (Wildman–Crippen MR) is 36.5 cm³/mol. The van der Waals surface area contributed by atoms with Crippen molar-refractivity contribution >= 4 is 0 Å². The summed E-state index contributed by atoms with van der Waals surface area (Å²) in [4.78, 5) is 0. The third-order valence-electron chi connectivity index (χ3n) is 1.37. The molecule has 0 spiro atoms. The highest BCUT2D eigenvalue weighted by Gasteiger charge is 2.02. The van der Waals surface area contributed by atoms with Crippen LogP contribution in [0.25, 0.3) is 0 Å². The van der Waals surface area contributed by atoms with Gasteiger partial charge in [-0.25, -0.2) is 0 Å². The summed E-state index contributed by atoms with van der Waals surface area (Å²) < 4.78 is 0. The molecule has 8 heavy (non-hydrogen) atoms. The molecule has 0 saturated carbocycles. The van der Waals surface area contributed by atoms with Crippen molar-refractivity contribution < 1.29 is 0 Å². The fourth-order valence-electron chi connectivity index (χ4n) is 0.394. The standard InChI is InChI=1S/C6H16N2/c1-5(2)6(3)8-7-4/h5-8H,1-4H3. The van der Waals surface area contributed by atoms with E-state index in [4.69, 9.17) is 0 Å². The first kappa shape index (κ1) is 7.92. The quantitative estimate of drug-likeness (QED) is 0.532. The molecule has 1 unspecified atom stereocenters. The summed E-state index contributed by atoms with van der Waals surface area (Å²) in [6, 6.07) is 0.556. The molecule has 0 rings (SSSR count). The predicted octanol–water partition coefficient (Wildman–Crippen LogP) is 0.755. The molecule has 0 amide bonds. The summed E-state index contributed by atoms with van der Waals surface area (Å²) in [5, 5.41) is 0. The van der Waals surface area contributed by atoms with Crippen molar-refractivity contribution in [2.45, 2.75) is 26.8 Å². The smallest absolute Gasteiger partial charge is 0.0207 e. The highest BCUT2D eigenvalue weighted by Crippen LogP contribution is 1.96. The van der Waals surface area contributed by atoms with Gasteiger partial charge in [0.2, 0.25) is 0 Å². The lowest BCUT2D eigenvalue weighted by atomic mass is 10.1. The van der Waals surface area contributed by atoms with Gasteiger partial charge in [-0.3, -0.25) is 10.9 Å². The molecule has 1 atom stereocenters. The molecule has 0 aliphatic rings. The lowest BCUT2D eigenvalue weighted by Crippen LogP contribution is -2.39. The number of hydrogen-bond donors (Lipinski definition) is 2. The molecular formula is C6H16N2. The van der Waals surface area contributed by atoms with E-state index in [9.17, 15) is 0 Å². The number of nitrogens with one attached hydrogen (secondary N) is 2. The second-order valence-electron chi connectivity index (χ2n) is 2.43.